The second kappa shape index (κ2) is 12.9. The minimum atomic E-state index is 0.0000413. The standard InChI is InChI=1S/C16H32O2/c1-4-7-9-12-15(11-6-3)14-18-16(17)13-10-8-5-2/h15H,4-14H2,1-3H3. The summed E-state index contributed by atoms with van der Waals surface area (Å²) in [6, 6.07) is 0. The lowest BCUT2D eigenvalue weighted by atomic mass is 9.97. The van der Waals surface area contributed by atoms with Crippen LogP contribution in [0.15, 0.2) is 0 Å². The van der Waals surface area contributed by atoms with Crippen LogP contribution in [0.25, 0.3) is 0 Å². The molecule has 0 saturated heterocycles. The molecule has 108 valence electrons. The van der Waals surface area contributed by atoms with Crippen LogP contribution >= 0.6 is 0 Å². The van der Waals surface area contributed by atoms with Gasteiger partial charge in [0.05, 0.1) is 6.61 Å². The Morgan fingerprint density at radius 3 is 2.17 bits per heavy atom. The molecule has 1 atom stereocenters. The van der Waals surface area contributed by atoms with Crippen LogP contribution in [0.3, 0.4) is 0 Å². The van der Waals surface area contributed by atoms with Gasteiger partial charge in [0, 0.05) is 6.42 Å². The van der Waals surface area contributed by atoms with Gasteiger partial charge in [0.15, 0.2) is 0 Å². The van der Waals surface area contributed by atoms with Crippen LogP contribution in [0.2, 0.25) is 0 Å². The molecule has 0 saturated carbocycles. The van der Waals surface area contributed by atoms with Crippen molar-refractivity contribution in [1.29, 1.82) is 0 Å². The molecule has 0 bridgehead atoms. The highest BCUT2D eigenvalue weighted by molar-refractivity contribution is 5.69. The van der Waals surface area contributed by atoms with Crippen molar-refractivity contribution in [2.45, 2.75) is 85.0 Å². The Labute approximate surface area is 113 Å². The fraction of sp³-hybridized carbons (Fsp3) is 0.938. The van der Waals surface area contributed by atoms with Crippen LogP contribution < -0.4 is 0 Å². The molecule has 0 spiro atoms. The number of hydrogen-bond donors (Lipinski definition) is 0. The molecule has 0 radical (unpaired) electrons. The second-order valence-corrected chi connectivity index (χ2v) is 5.29. The molecule has 0 aromatic heterocycles. The molecular formula is C16H32O2. The van der Waals surface area contributed by atoms with Crippen molar-refractivity contribution in [2.75, 3.05) is 6.61 Å². The zero-order valence-corrected chi connectivity index (χ0v) is 12.7. The Morgan fingerprint density at radius 2 is 1.56 bits per heavy atom. The Morgan fingerprint density at radius 1 is 0.889 bits per heavy atom. The number of unbranched alkanes of at least 4 members (excludes halogenated alkanes) is 4. The third-order valence-corrected chi connectivity index (χ3v) is 3.38. The largest absolute Gasteiger partial charge is 0.465 e. The van der Waals surface area contributed by atoms with E-state index in [1.54, 1.807) is 0 Å². The fourth-order valence-corrected chi connectivity index (χ4v) is 2.20. The molecule has 2 heteroatoms. The van der Waals surface area contributed by atoms with Crippen LogP contribution in [0.5, 0.6) is 0 Å². The number of ether oxygens (including phenoxy) is 1. The lowest BCUT2D eigenvalue weighted by Gasteiger charge is -2.16. The maximum atomic E-state index is 11.5. The van der Waals surface area contributed by atoms with Crippen LogP contribution in [0.1, 0.15) is 85.0 Å². The van der Waals surface area contributed by atoms with Crippen molar-refractivity contribution in [3.63, 3.8) is 0 Å². The molecule has 0 aliphatic heterocycles. The van der Waals surface area contributed by atoms with E-state index in [2.05, 4.69) is 20.8 Å². The van der Waals surface area contributed by atoms with Gasteiger partial charge < -0.3 is 4.74 Å². The predicted octanol–water partition coefficient (Wildman–Crippen LogP) is 5.11. The Hall–Kier alpha value is -0.530. The average Bonchev–Trinajstić information content (AvgIpc) is 2.36. The first kappa shape index (κ1) is 17.5. The topological polar surface area (TPSA) is 26.3 Å². The molecule has 0 aliphatic carbocycles. The minimum Gasteiger partial charge on any atom is -0.465 e. The van der Waals surface area contributed by atoms with Gasteiger partial charge in [0.2, 0.25) is 0 Å². The predicted molar refractivity (Wildman–Crippen MR) is 77.6 cm³/mol. The van der Waals surface area contributed by atoms with E-state index in [0.29, 0.717) is 18.9 Å². The molecule has 0 heterocycles. The van der Waals surface area contributed by atoms with E-state index in [1.807, 2.05) is 0 Å². The van der Waals surface area contributed by atoms with E-state index in [1.165, 1.54) is 38.5 Å². The Kier molecular flexibility index (Phi) is 12.5. The van der Waals surface area contributed by atoms with Gasteiger partial charge in [-0.15, -0.1) is 0 Å². The maximum absolute atomic E-state index is 11.5. The van der Waals surface area contributed by atoms with E-state index in [9.17, 15) is 4.79 Å². The first-order valence-corrected chi connectivity index (χ1v) is 7.90. The third kappa shape index (κ3) is 10.6. The van der Waals surface area contributed by atoms with Crippen molar-refractivity contribution in [1.82, 2.24) is 0 Å². The van der Waals surface area contributed by atoms with Crippen LogP contribution in [0, 0.1) is 5.92 Å². The first-order chi connectivity index (χ1) is 8.74. The SMILES string of the molecule is CCCCCC(=O)OCC(CCC)CCCCC. The van der Waals surface area contributed by atoms with Gasteiger partial charge in [-0.25, -0.2) is 0 Å². The maximum Gasteiger partial charge on any atom is 0.305 e. The van der Waals surface area contributed by atoms with Gasteiger partial charge in [-0.05, 0) is 25.2 Å². The monoisotopic (exact) mass is 256 g/mol. The summed E-state index contributed by atoms with van der Waals surface area (Å²) in [7, 11) is 0. The highest BCUT2D eigenvalue weighted by atomic mass is 16.5. The zero-order valence-electron chi connectivity index (χ0n) is 12.7. The summed E-state index contributed by atoms with van der Waals surface area (Å²) in [6.07, 6.45) is 11.3. The molecule has 18 heavy (non-hydrogen) atoms. The van der Waals surface area contributed by atoms with Crippen LogP contribution in [-0.2, 0) is 9.53 Å². The van der Waals surface area contributed by atoms with Gasteiger partial charge >= 0.3 is 5.97 Å². The summed E-state index contributed by atoms with van der Waals surface area (Å²) in [5.41, 5.74) is 0. The smallest absolute Gasteiger partial charge is 0.305 e. The van der Waals surface area contributed by atoms with E-state index in [-0.39, 0.29) is 5.97 Å². The van der Waals surface area contributed by atoms with E-state index in [0.717, 1.165) is 19.3 Å². The van der Waals surface area contributed by atoms with E-state index < -0.39 is 0 Å². The van der Waals surface area contributed by atoms with Crippen LogP contribution in [-0.4, -0.2) is 12.6 Å². The molecule has 0 aromatic rings. The number of rotatable bonds is 12. The van der Waals surface area contributed by atoms with Crippen molar-refractivity contribution in [2.24, 2.45) is 5.92 Å². The van der Waals surface area contributed by atoms with Gasteiger partial charge in [-0.1, -0.05) is 59.3 Å². The fourth-order valence-electron chi connectivity index (χ4n) is 2.20. The molecule has 0 aromatic carbocycles. The van der Waals surface area contributed by atoms with Gasteiger partial charge in [0.25, 0.3) is 0 Å². The minimum absolute atomic E-state index is 0.0000413. The summed E-state index contributed by atoms with van der Waals surface area (Å²) in [4.78, 5) is 11.5. The molecule has 0 rings (SSSR count). The normalized spacial score (nSPS) is 12.4. The van der Waals surface area contributed by atoms with Crippen molar-refractivity contribution in [3.8, 4) is 0 Å². The van der Waals surface area contributed by atoms with E-state index >= 15 is 0 Å². The quantitative estimate of drug-likeness (QED) is 0.358. The molecule has 0 amide bonds. The van der Waals surface area contributed by atoms with Gasteiger partial charge in [-0.3, -0.25) is 4.79 Å². The zero-order chi connectivity index (χ0) is 13.6. The third-order valence-electron chi connectivity index (χ3n) is 3.38. The number of carbonyl (C=O) groups is 1. The highest BCUT2D eigenvalue weighted by Crippen LogP contribution is 2.16. The van der Waals surface area contributed by atoms with Gasteiger partial charge in [-0.2, -0.15) is 0 Å². The molecule has 2 nitrogen and oxygen atoms in total. The molecule has 1 unspecified atom stereocenters. The summed E-state index contributed by atoms with van der Waals surface area (Å²) in [5, 5.41) is 0. The molecule has 0 N–H and O–H groups in total. The van der Waals surface area contributed by atoms with Gasteiger partial charge in [0.1, 0.15) is 0 Å². The average molecular weight is 256 g/mol. The van der Waals surface area contributed by atoms with E-state index in [4.69, 9.17) is 4.74 Å². The Bertz CT molecular complexity index is 190. The van der Waals surface area contributed by atoms with Crippen molar-refractivity contribution >= 4 is 5.97 Å². The van der Waals surface area contributed by atoms with Crippen molar-refractivity contribution in [3.05, 3.63) is 0 Å². The number of hydrogen-bond acceptors (Lipinski definition) is 2. The molecule has 0 aliphatic rings. The summed E-state index contributed by atoms with van der Waals surface area (Å²) in [6.45, 7) is 7.22. The second-order valence-electron chi connectivity index (χ2n) is 5.29. The highest BCUT2D eigenvalue weighted by Gasteiger charge is 2.10. The lowest BCUT2D eigenvalue weighted by molar-refractivity contribution is -0.145. The lowest BCUT2D eigenvalue weighted by Crippen LogP contribution is -2.14. The summed E-state index contributed by atoms with van der Waals surface area (Å²) in [5.74, 6) is 0.580. The number of carbonyl (C=O) groups excluding carboxylic acids is 1. The molecule has 0 fully saturated rings. The van der Waals surface area contributed by atoms with Crippen LogP contribution in [0.4, 0.5) is 0 Å². The number of esters is 1. The Balaban J connectivity index is 3.69. The summed E-state index contributed by atoms with van der Waals surface area (Å²) < 4.78 is 5.40. The summed E-state index contributed by atoms with van der Waals surface area (Å²) >= 11 is 0. The van der Waals surface area contributed by atoms with Crippen molar-refractivity contribution < 1.29 is 9.53 Å². The molecular weight excluding hydrogens is 224 g/mol. The first-order valence-electron chi connectivity index (χ1n) is 7.90.